The number of fused-ring (bicyclic) bond motifs is 6. The van der Waals surface area contributed by atoms with Gasteiger partial charge in [0, 0.05) is 25.2 Å². The van der Waals surface area contributed by atoms with Gasteiger partial charge < -0.3 is 10.0 Å². The van der Waals surface area contributed by atoms with E-state index in [0.29, 0.717) is 24.3 Å². The average Bonchev–Trinajstić information content (AvgIpc) is 2.40. The molecule has 0 aromatic carbocycles. The number of piperidine rings is 4. The van der Waals surface area contributed by atoms with Crippen molar-refractivity contribution in [3.63, 3.8) is 0 Å². The summed E-state index contributed by atoms with van der Waals surface area (Å²) in [6.45, 7) is 3.36. The minimum absolute atomic E-state index is 0.197. The molecular weight excluding hydrogens is 240 g/mol. The number of rotatable bonds is 0. The van der Waals surface area contributed by atoms with Crippen LogP contribution in [0.2, 0.25) is 0 Å². The van der Waals surface area contributed by atoms with Gasteiger partial charge in [-0.25, -0.2) is 0 Å². The summed E-state index contributed by atoms with van der Waals surface area (Å²) < 4.78 is 0. The van der Waals surface area contributed by atoms with E-state index in [1.807, 2.05) is 0 Å². The zero-order valence-corrected chi connectivity index (χ0v) is 11.5. The van der Waals surface area contributed by atoms with Gasteiger partial charge >= 0.3 is 0 Å². The number of hydrogen-bond acceptors (Lipinski definition) is 3. The van der Waals surface area contributed by atoms with Crippen molar-refractivity contribution in [3.05, 3.63) is 0 Å². The Bertz CT molecular complexity index is 386. The molecule has 4 heterocycles. The molecule has 0 aromatic rings. The van der Waals surface area contributed by atoms with Gasteiger partial charge in [0.15, 0.2) is 0 Å². The summed E-state index contributed by atoms with van der Waals surface area (Å²) in [5.74, 6) is 1.49. The molecule has 4 aliphatic rings. The summed E-state index contributed by atoms with van der Waals surface area (Å²) in [6.07, 6.45) is 6.06. The van der Waals surface area contributed by atoms with Crippen LogP contribution >= 0.6 is 0 Å². The van der Waals surface area contributed by atoms with Gasteiger partial charge in [0.2, 0.25) is 5.91 Å². The van der Waals surface area contributed by atoms with Gasteiger partial charge in [0.05, 0.1) is 12.5 Å². The number of nitrogens with zero attached hydrogens (tertiary/aromatic N) is 2. The third kappa shape index (κ3) is 1.91. The predicted octanol–water partition coefficient (Wildman–Crippen LogP) is 0.843. The molecule has 106 valence electrons. The van der Waals surface area contributed by atoms with Crippen LogP contribution in [0.15, 0.2) is 0 Å². The van der Waals surface area contributed by atoms with Crippen LogP contribution < -0.4 is 0 Å². The van der Waals surface area contributed by atoms with Gasteiger partial charge in [-0.1, -0.05) is 6.42 Å². The van der Waals surface area contributed by atoms with Crippen LogP contribution in [0, 0.1) is 11.8 Å². The molecule has 4 rings (SSSR count). The summed E-state index contributed by atoms with van der Waals surface area (Å²) in [7, 11) is 0. The van der Waals surface area contributed by atoms with E-state index in [2.05, 4.69) is 9.80 Å². The second-order valence-corrected chi connectivity index (χ2v) is 7.02. The normalized spacial score (nSPS) is 46.7. The average molecular weight is 264 g/mol. The van der Waals surface area contributed by atoms with Crippen molar-refractivity contribution in [2.75, 3.05) is 19.6 Å². The summed E-state index contributed by atoms with van der Waals surface area (Å²) in [6, 6.07) is 1.04. The summed E-state index contributed by atoms with van der Waals surface area (Å²) >= 11 is 0. The van der Waals surface area contributed by atoms with Gasteiger partial charge in [-0.3, -0.25) is 9.69 Å². The first kappa shape index (κ1) is 12.2. The summed E-state index contributed by atoms with van der Waals surface area (Å²) in [5, 5.41) is 9.89. The Labute approximate surface area is 114 Å². The van der Waals surface area contributed by atoms with Crippen molar-refractivity contribution in [2.45, 2.75) is 56.7 Å². The van der Waals surface area contributed by atoms with Crippen molar-refractivity contribution in [1.82, 2.24) is 9.80 Å². The van der Waals surface area contributed by atoms with Gasteiger partial charge in [-0.05, 0) is 44.1 Å². The van der Waals surface area contributed by atoms with E-state index >= 15 is 0 Å². The Morgan fingerprint density at radius 1 is 1.05 bits per heavy atom. The van der Waals surface area contributed by atoms with Crippen LogP contribution in [0.3, 0.4) is 0 Å². The predicted molar refractivity (Wildman–Crippen MR) is 71.6 cm³/mol. The molecule has 4 heteroatoms. The van der Waals surface area contributed by atoms with Crippen molar-refractivity contribution in [1.29, 1.82) is 0 Å². The zero-order valence-electron chi connectivity index (χ0n) is 11.5. The molecule has 1 amide bonds. The first-order valence-electron chi connectivity index (χ1n) is 7.94. The van der Waals surface area contributed by atoms with Gasteiger partial charge in [-0.15, -0.1) is 0 Å². The standard InChI is InChI=1S/C15H24N2O2/c18-12-6-14-10-5-11(9-17(14)15(19)7-12)13-3-1-2-4-16(13)8-10/h10-14,18H,1-9H2/t10-,11+,12+,13+,14?/m1/s1. The van der Waals surface area contributed by atoms with E-state index in [0.717, 1.165) is 25.6 Å². The molecule has 0 aromatic heterocycles. The minimum Gasteiger partial charge on any atom is -0.393 e. The van der Waals surface area contributed by atoms with E-state index in [-0.39, 0.29) is 5.91 Å². The quantitative estimate of drug-likeness (QED) is 0.705. The summed E-state index contributed by atoms with van der Waals surface area (Å²) in [4.78, 5) is 17.0. The maximum Gasteiger partial charge on any atom is 0.225 e. The van der Waals surface area contributed by atoms with Crippen molar-refractivity contribution >= 4 is 5.91 Å². The van der Waals surface area contributed by atoms with Gasteiger partial charge in [0.1, 0.15) is 0 Å². The number of aliphatic hydroxyl groups is 1. The molecule has 2 bridgehead atoms. The lowest BCUT2D eigenvalue weighted by Gasteiger charge is -2.57. The fourth-order valence-corrected chi connectivity index (χ4v) is 5.10. The second kappa shape index (κ2) is 4.45. The highest BCUT2D eigenvalue weighted by molar-refractivity contribution is 5.78. The molecule has 5 atom stereocenters. The van der Waals surface area contributed by atoms with E-state index in [1.54, 1.807) is 0 Å². The lowest BCUT2D eigenvalue weighted by molar-refractivity contribution is -0.154. The Morgan fingerprint density at radius 2 is 1.89 bits per heavy atom. The molecule has 19 heavy (non-hydrogen) atoms. The summed E-state index contributed by atoms with van der Waals surface area (Å²) in [5.41, 5.74) is 0. The largest absolute Gasteiger partial charge is 0.393 e. The Kier molecular flexibility index (Phi) is 2.85. The van der Waals surface area contributed by atoms with E-state index in [1.165, 1.54) is 32.2 Å². The van der Waals surface area contributed by atoms with Crippen LogP contribution in [-0.4, -0.2) is 58.6 Å². The van der Waals surface area contributed by atoms with Crippen molar-refractivity contribution in [2.24, 2.45) is 11.8 Å². The molecule has 0 saturated carbocycles. The maximum absolute atomic E-state index is 12.2. The van der Waals surface area contributed by atoms with E-state index in [9.17, 15) is 9.90 Å². The highest BCUT2D eigenvalue weighted by Crippen LogP contribution is 2.42. The fourth-order valence-electron chi connectivity index (χ4n) is 5.10. The van der Waals surface area contributed by atoms with Crippen LogP contribution in [0.1, 0.15) is 38.5 Å². The third-order valence-corrected chi connectivity index (χ3v) is 5.90. The van der Waals surface area contributed by atoms with Crippen molar-refractivity contribution < 1.29 is 9.90 Å². The Morgan fingerprint density at radius 3 is 2.79 bits per heavy atom. The molecule has 1 unspecified atom stereocenters. The van der Waals surface area contributed by atoms with Crippen molar-refractivity contribution in [3.8, 4) is 0 Å². The molecule has 0 radical (unpaired) electrons. The van der Waals surface area contributed by atoms with Crippen LogP contribution in [0.4, 0.5) is 0 Å². The second-order valence-electron chi connectivity index (χ2n) is 7.02. The van der Waals surface area contributed by atoms with Gasteiger partial charge in [0.25, 0.3) is 0 Å². The lowest BCUT2D eigenvalue weighted by atomic mass is 9.70. The van der Waals surface area contributed by atoms with Crippen LogP contribution in [0.5, 0.6) is 0 Å². The van der Waals surface area contributed by atoms with Crippen LogP contribution in [-0.2, 0) is 4.79 Å². The SMILES string of the molecule is O=C1C[C@@H](O)CC2[C@@H]3C[C@@H](CN12)[C@@H]1CCCCN1C3. The monoisotopic (exact) mass is 264 g/mol. The maximum atomic E-state index is 12.2. The first-order chi connectivity index (χ1) is 9.22. The third-order valence-electron chi connectivity index (χ3n) is 5.90. The van der Waals surface area contributed by atoms with E-state index < -0.39 is 6.10 Å². The molecule has 4 fully saturated rings. The molecule has 0 aliphatic carbocycles. The molecular formula is C15H24N2O2. The molecule has 1 N–H and O–H groups in total. The minimum atomic E-state index is -0.399. The first-order valence-corrected chi connectivity index (χ1v) is 7.94. The number of carbonyl (C=O) groups excluding carboxylic acids is 1. The zero-order chi connectivity index (χ0) is 13.0. The molecule has 4 aliphatic heterocycles. The molecule has 0 spiro atoms. The van der Waals surface area contributed by atoms with E-state index in [4.69, 9.17) is 0 Å². The van der Waals surface area contributed by atoms with Gasteiger partial charge in [-0.2, -0.15) is 0 Å². The highest BCUT2D eigenvalue weighted by Gasteiger charge is 2.49. The molecule has 4 saturated heterocycles. The molecule has 4 nitrogen and oxygen atoms in total. The Hall–Kier alpha value is -0.610. The van der Waals surface area contributed by atoms with Crippen LogP contribution in [0.25, 0.3) is 0 Å². The highest BCUT2D eigenvalue weighted by atomic mass is 16.3. The Balaban J connectivity index is 1.59. The fraction of sp³-hybridized carbons (Fsp3) is 0.933. The number of amides is 1. The number of aliphatic hydroxyl groups excluding tert-OH is 1. The number of hydrogen-bond donors (Lipinski definition) is 1. The smallest absolute Gasteiger partial charge is 0.225 e. The number of carbonyl (C=O) groups is 1. The lowest BCUT2D eigenvalue weighted by Crippen LogP contribution is -2.65. The topological polar surface area (TPSA) is 43.8 Å².